The van der Waals surface area contributed by atoms with E-state index in [1.54, 1.807) is 0 Å². The lowest BCUT2D eigenvalue weighted by atomic mass is 10.2. The van der Waals surface area contributed by atoms with Gasteiger partial charge in [0.25, 0.3) is 0 Å². The van der Waals surface area contributed by atoms with Crippen molar-refractivity contribution >= 4 is 18.6 Å². The molecule has 0 spiro atoms. The van der Waals surface area contributed by atoms with Crippen molar-refractivity contribution in [3.63, 3.8) is 0 Å². The second-order valence-electron chi connectivity index (χ2n) is 7.37. The smallest absolute Gasteiger partial charge is 0.195 e. The summed E-state index contributed by atoms with van der Waals surface area (Å²) in [7, 11) is -2.11. The molecule has 0 aliphatic heterocycles. The summed E-state index contributed by atoms with van der Waals surface area (Å²) in [5.41, 5.74) is 1.23. The van der Waals surface area contributed by atoms with E-state index in [-0.39, 0.29) is 5.04 Å². The van der Waals surface area contributed by atoms with E-state index in [2.05, 4.69) is 99.9 Å². The van der Waals surface area contributed by atoms with E-state index >= 15 is 0 Å². The van der Waals surface area contributed by atoms with Crippen LogP contribution in [-0.4, -0.2) is 14.8 Å². The summed E-state index contributed by atoms with van der Waals surface area (Å²) in [6.45, 7) is 14.2. The zero-order valence-corrected chi connectivity index (χ0v) is 15.9. The van der Waals surface area contributed by atoms with Gasteiger partial charge in [0.05, 0.1) is 0 Å². The van der Waals surface area contributed by atoms with E-state index < -0.39 is 8.24 Å². The molecule has 0 amide bonds. The van der Waals surface area contributed by atoms with Gasteiger partial charge in [0.1, 0.15) is 0 Å². The minimum Gasteiger partial charge on any atom is -0.330 e. The molecule has 23 heavy (non-hydrogen) atoms. The van der Waals surface area contributed by atoms with Crippen LogP contribution in [0.1, 0.15) is 34.1 Å². The molecule has 122 valence electrons. The summed E-state index contributed by atoms with van der Waals surface area (Å²) in [6, 6.07) is 22.0. The Kier molecular flexibility index (Phi) is 5.61. The van der Waals surface area contributed by atoms with Crippen LogP contribution >= 0.6 is 0 Å². The topological polar surface area (TPSA) is 12.0 Å². The number of hydrogen-bond acceptors (Lipinski definition) is 1. The first-order valence-electron chi connectivity index (χ1n) is 8.38. The quantitative estimate of drug-likeness (QED) is 0.623. The molecule has 2 heteroatoms. The van der Waals surface area contributed by atoms with Crippen molar-refractivity contribution in [2.24, 2.45) is 0 Å². The average molecular weight is 324 g/mol. The third-order valence-corrected chi connectivity index (χ3v) is 9.91. The van der Waals surface area contributed by atoms with Gasteiger partial charge in [-0.15, -0.1) is 6.58 Å². The highest BCUT2D eigenvalue weighted by Gasteiger charge is 2.47. The van der Waals surface area contributed by atoms with Crippen LogP contribution in [0.15, 0.2) is 72.8 Å². The Bertz CT molecular complexity index is 586. The lowest BCUT2D eigenvalue weighted by Gasteiger charge is -2.44. The average Bonchev–Trinajstić information content (AvgIpc) is 2.52. The molecule has 0 fully saturated rings. The molecule has 0 radical (unpaired) electrons. The Hall–Kier alpha value is -1.64. The van der Waals surface area contributed by atoms with Gasteiger partial charge in [0, 0.05) is 0 Å². The van der Waals surface area contributed by atoms with Crippen molar-refractivity contribution in [2.45, 2.75) is 39.2 Å². The van der Waals surface area contributed by atoms with E-state index in [4.69, 9.17) is 0 Å². The van der Waals surface area contributed by atoms with E-state index in [1.165, 1.54) is 15.9 Å². The Labute approximate surface area is 142 Å². The van der Waals surface area contributed by atoms with Crippen LogP contribution in [0.25, 0.3) is 0 Å². The van der Waals surface area contributed by atoms with Crippen molar-refractivity contribution in [2.75, 3.05) is 6.54 Å². The summed E-state index contributed by atoms with van der Waals surface area (Å²) in [6.07, 6.45) is 1.02. The highest BCUT2D eigenvalue weighted by molar-refractivity contribution is 7.02. The third-order valence-electron chi connectivity index (χ3n) is 4.48. The normalized spacial score (nSPS) is 12.2. The summed E-state index contributed by atoms with van der Waals surface area (Å²) < 4.78 is 0. The minimum atomic E-state index is -2.11. The molecule has 2 rings (SSSR count). The van der Waals surface area contributed by atoms with Gasteiger partial charge in [-0.3, -0.25) is 0 Å². The first-order valence-corrected chi connectivity index (χ1v) is 10.4. The maximum absolute atomic E-state index is 4.06. The maximum atomic E-state index is 4.06. The molecule has 0 bridgehead atoms. The molecule has 2 aromatic carbocycles. The molecule has 2 aromatic rings. The van der Waals surface area contributed by atoms with E-state index in [1.807, 2.05) is 0 Å². The van der Waals surface area contributed by atoms with Crippen LogP contribution in [0, 0.1) is 0 Å². The molecule has 0 atom stereocenters. The van der Waals surface area contributed by atoms with Crippen LogP contribution in [0.5, 0.6) is 0 Å². The second-order valence-corrected chi connectivity index (χ2v) is 11.9. The molecular formula is C21H29NSi. The molecule has 0 saturated carbocycles. The molecule has 0 unspecified atom stereocenters. The first kappa shape index (κ1) is 17.7. The number of rotatable bonds is 6. The zero-order chi connectivity index (χ0) is 16.9. The van der Waals surface area contributed by atoms with Gasteiger partial charge in [0.2, 0.25) is 0 Å². The zero-order valence-electron chi connectivity index (χ0n) is 14.9. The van der Waals surface area contributed by atoms with Gasteiger partial charge in [0.15, 0.2) is 8.24 Å². The maximum Gasteiger partial charge on any atom is 0.195 e. The number of nitrogens with one attached hydrogen (secondary N) is 1. The third kappa shape index (κ3) is 3.82. The van der Waals surface area contributed by atoms with E-state index in [0.717, 1.165) is 13.0 Å². The summed E-state index contributed by atoms with van der Waals surface area (Å²) in [4.78, 5) is 4.02. The highest BCUT2D eigenvalue weighted by atomic mass is 28.3. The Morgan fingerprint density at radius 3 is 1.70 bits per heavy atom. The molecule has 0 aliphatic rings. The van der Waals surface area contributed by atoms with Crippen molar-refractivity contribution in [1.82, 2.24) is 4.98 Å². The fourth-order valence-corrected chi connectivity index (χ4v) is 8.23. The standard InChI is InChI=1S/C21H29NSi/c1-18(2)16-17-22-23(21(3,4)5,19-12-8-6-9-13-19)20-14-10-7-11-15-20/h6-15,22H,1,16-17H2,2-5H3. The lowest BCUT2D eigenvalue weighted by Crippen LogP contribution is -2.73. The van der Waals surface area contributed by atoms with Gasteiger partial charge in [-0.25, -0.2) is 0 Å². The van der Waals surface area contributed by atoms with Crippen molar-refractivity contribution < 1.29 is 0 Å². The largest absolute Gasteiger partial charge is 0.330 e. The SMILES string of the molecule is C=C(C)CCN[Si](c1ccccc1)(c1ccccc1)C(C)(C)C. The highest BCUT2D eigenvalue weighted by Crippen LogP contribution is 2.34. The van der Waals surface area contributed by atoms with Gasteiger partial charge in [-0.2, -0.15) is 0 Å². The van der Waals surface area contributed by atoms with Crippen LogP contribution in [-0.2, 0) is 0 Å². The molecular weight excluding hydrogens is 294 g/mol. The first-order chi connectivity index (χ1) is 10.9. The van der Waals surface area contributed by atoms with Crippen LogP contribution in [0.3, 0.4) is 0 Å². The van der Waals surface area contributed by atoms with Crippen LogP contribution in [0.4, 0.5) is 0 Å². The van der Waals surface area contributed by atoms with E-state index in [9.17, 15) is 0 Å². The molecule has 0 aromatic heterocycles. The Morgan fingerprint density at radius 1 is 0.913 bits per heavy atom. The Balaban J connectivity index is 2.57. The molecule has 1 N–H and O–H groups in total. The van der Waals surface area contributed by atoms with Gasteiger partial charge < -0.3 is 4.98 Å². The van der Waals surface area contributed by atoms with Crippen LogP contribution < -0.4 is 15.4 Å². The molecule has 1 nitrogen and oxygen atoms in total. The molecule has 0 saturated heterocycles. The van der Waals surface area contributed by atoms with Gasteiger partial charge >= 0.3 is 0 Å². The van der Waals surface area contributed by atoms with Crippen molar-refractivity contribution in [1.29, 1.82) is 0 Å². The fraction of sp³-hybridized carbons (Fsp3) is 0.333. The van der Waals surface area contributed by atoms with E-state index in [0.29, 0.717) is 0 Å². The predicted molar refractivity (Wildman–Crippen MR) is 105 cm³/mol. The summed E-state index contributed by atoms with van der Waals surface area (Å²) in [5, 5.41) is 3.05. The second kappa shape index (κ2) is 7.29. The number of hydrogen-bond donors (Lipinski definition) is 1. The Morgan fingerprint density at radius 2 is 1.35 bits per heavy atom. The lowest BCUT2D eigenvalue weighted by molar-refractivity contribution is 0.695. The van der Waals surface area contributed by atoms with Gasteiger partial charge in [-0.05, 0) is 35.3 Å². The predicted octanol–water partition coefficient (Wildman–Crippen LogP) is 4.10. The molecule has 0 heterocycles. The monoisotopic (exact) mass is 323 g/mol. The van der Waals surface area contributed by atoms with Gasteiger partial charge in [-0.1, -0.05) is 87.0 Å². The summed E-state index contributed by atoms with van der Waals surface area (Å²) in [5.74, 6) is 0. The minimum absolute atomic E-state index is 0.158. The fourth-order valence-electron chi connectivity index (χ4n) is 3.34. The summed E-state index contributed by atoms with van der Waals surface area (Å²) >= 11 is 0. The van der Waals surface area contributed by atoms with Crippen LogP contribution in [0.2, 0.25) is 5.04 Å². The molecule has 0 aliphatic carbocycles. The number of benzene rings is 2. The van der Waals surface area contributed by atoms with Crippen molar-refractivity contribution in [3.8, 4) is 0 Å². The van der Waals surface area contributed by atoms with Crippen molar-refractivity contribution in [3.05, 3.63) is 72.8 Å².